The molecule has 2 fully saturated rings. The van der Waals surface area contributed by atoms with E-state index >= 15 is 0 Å². The van der Waals surface area contributed by atoms with Crippen LogP contribution in [0.25, 0.3) is 0 Å². The number of hydrogen-bond acceptors (Lipinski definition) is 4. The summed E-state index contributed by atoms with van der Waals surface area (Å²) in [6.07, 6.45) is 3.88. The fourth-order valence-corrected chi connectivity index (χ4v) is 4.30. The highest BCUT2D eigenvalue weighted by molar-refractivity contribution is 5.92. The highest BCUT2D eigenvalue weighted by Gasteiger charge is 2.19. The second kappa shape index (κ2) is 9.31. The van der Waals surface area contributed by atoms with Crippen LogP contribution in [0.1, 0.15) is 24.8 Å². The summed E-state index contributed by atoms with van der Waals surface area (Å²) in [5.41, 5.74) is 4.71. The molecule has 0 saturated carbocycles. The van der Waals surface area contributed by atoms with Gasteiger partial charge in [0.25, 0.3) is 0 Å². The van der Waals surface area contributed by atoms with E-state index in [-0.39, 0.29) is 5.91 Å². The van der Waals surface area contributed by atoms with Gasteiger partial charge in [-0.1, -0.05) is 12.1 Å². The van der Waals surface area contributed by atoms with Crippen LogP contribution in [0.15, 0.2) is 48.5 Å². The van der Waals surface area contributed by atoms with Crippen molar-refractivity contribution in [1.82, 2.24) is 4.90 Å². The average Bonchev–Trinajstić information content (AvgIpc) is 2.75. The molecular formula is C24H32N4O. The van der Waals surface area contributed by atoms with E-state index < -0.39 is 0 Å². The van der Waals surface area contributed by atoms with Gasteiger partial charge in [0, 0.05) is 56.3 Å². The zero-order chi connectivity index (χ0) is 20.1. The van der Waals surface area contributed by atoms with Gasteiger partial charge in [0.15, 0.2) is 0 Å². The highest BCUT2D eigenvalue weighted by Crippen LogP contribution is 2.22. The molecule has 29 heavy (non-hydrogen) atoms. The first-order valence-corrected chi connectivity index (χ1v) is 10.9. The molecule has 2 saturated heterocycles. The lowest BCUT2D eigenvalue weighted by Gasteiger charge is -2.35. The number of carbonyl (C=O) groups is 1. The van der Waals surface area contributed by atoms with Gasteiger partial charge in [0.05, 0.1) is 6.54 Å². The zero-order valence-corrected chi connectivity index (χ0v) is 17.4. The number of rotatable bonds is 5. The molecule has 5 heteroatoms. The molecule has 5 nitrogen and oxygen atoms in total. The summed E-state index contributed by atoms with van der Waals surface area (Å²) in [5, 5.41) is 3.06. The van der Waals surface area contributed by atoms with Crippen molar-refractivity contribution in [3.63, 3.8) is 0 Å². The molecule has 0 aliphatic carbocycles. The van der Waals surface area contributed by atoms with E-state index in [4.69, 9.17) is 0 Å². The SMILES string of the molecule is Cc1cccc(N2CCN(CC(=O)Nc3ccc(N4CCCCC4)cc3)CC2)c1. The summed E-state index contributed by atoms with van der Waals surface area (Å²) in [5.74, 6) is 0.0692. The summed E-state index contributed by atoms with van der Waals surface area (Å²) >= 11 is 0. The maximum Gasteiger partial charge on any atom is 0.238 e. The van der Waals surface area contributed by atoms with Gasteiger partial charge in [-0.3, -0.25) is 9.69 Å². The molecule has 2 aliphatic heterocycles. The maximum absolute atomic E-state index is 12.5. The number of anilines is 3. The molecule has 0 aromatic heterocycles. The summed E-state index contributed by atoms with van der Waals surface area (Å²) in [6.45, 7) is 8.60. The molecule has 2 aliphatic rings. The van der Waals surface area contributed by atoms with E-state index in [9.17, 15) is 4.79 Å². The number of piperazine rings is 1. The van der Waals surface area contributed by atoms with Crippen molar-refractivity contribution in [2.45, 2.75) is 26.2 Å². The number of nitrogens with zero attached hydrogens (tertiary/aromatic N) is 3. The third kappa shape index (κ3) is 5.30. The van der Waals surface area contributed by atoms with Crippen molar-refractivity contribution < 1.29 is 4.79 Å². The lowest BCUT2D eigenvalue weighted by Crippen LogP contribution is -2.48. The molecule has 4 rings (SSSR count). The Bertz CT molecular complexity index is 806. The molecule has 2 aromatic carbocycles. The molecule has 1 N–H and O–H groups in total. The van der Waals surface area contributed by atoms with Crippen LogP contribution >= 0.6 is 0 Å². The van der Waals surface area contributed by atoms with Crippen LogP contribution in [0.4, 0.5) is 17.1 Å². The van der Waals surface area contributed by atoms with Crippen LogP contribution in [0, 0.1) is 6.92 Å². The Kier molecular flexibility index (Phi) is 6.35. The zero-order valence-electron chi connectivity index (χ0n) is 17.4. The van der Waals surface area contributed by atoms with Crippen LogP contribution in [0.5, 0.6) is 0 Å². The highest BCUT2D eigenvalue weighted by atomic mass is 16.2. The molecule has 0 radical (unpaired) electrons. The smallest absolute Gasteiger partial charge is 0.238 e. The Morgan fingerprint density at radius 2 is 1.52 bits per heavy atom. The summed E-state index contributed by atoms with van der Waals surface area (Å²) in [4.78, 5) is 19.6. The van der Waals surface area contributed by atoms with Gasteiger partial charge in [-0.25, -0.2) is 0 Å². The monoisotopic (exact) mass is 392 g/mol. The number of amides is 1. The first kappa shape index (κ1) is 19.8. The van der Waals surface area contributed by atoms with Crippen LogP contribution in [0.3, 0.4) is 0 Å². The third-order valence-corrected chi connectivity index (χ3v) is 5.98. The standard InChI is InChI=1S/C24H32N4O/c1-20-6-5-7-23(18-20)28-16-14-26(15-17-28)19-24(29)25-21-8-10-22(11-9-21)27-12-3-2-4-13-27/h5-11,18H,2-4,12-17,19H2,1H3,(H,25,29). The van der Waals surface area contributed by atoms with Crippen molar-refractivity contribution in [3.05, 3.63) is 54.1 Å². The Hall–Kier alpha value is -2.53. The minimum absolute atomic E-state index is 0.0692. The molecule has 2 aromatic rings. The van der Waals surface area contributed by atoms with E-state index in [1.54, 1.807) is 0 Å². The van der Waals surface area contributed by atoms with Gasteiger partial charge in [-0.15, -0.1) is 0 Å². The quantitative estimate of drug-likeness (QED) is 0.841. The van der Waals surface area contributed by atoms with Gasteiger partial charge >= 0.3 is 0 Å². The Balaban J connectivity index is 1.24. The molecule has 2 heterocycles. The maximum atomic E-state index is 12.5. The molecule has 0 atom stereocenters. The predicted molar refractivity (Wildman–Crippen MR) is 121 cm³/mol. The lowest BCUT2D eigenvalue weighted by atomic mass is 10.1. The van der Waals surface area contributed by atoms with Crippen LogP contribution in [0.2, 0.25) is 0 Å². The second-order valence-electron chi connectivity index (χ2n) is 8.24. The van der Waals surface area contributed by atoms with Crippen LogP contribution in [-0.2, 0) is 4.79 Å². The second-order valence-corrected chi connectivity index (χ2v) is 8.24. The van der Waals surface area contributed by atoms with E-state index in [1.807, 2.05) is 12.1 Å². The minimum atomic E-state index is 0.0692. The average molecular weight is 393 g/mol. The fourth-order valence-electron chi connectivity index (χ4n) is 4.30. The van der Waals surface area contributed by atoms with Crippen molar-refractivity contribution in [2.24, 2.45) is 0 Å². The van der Waals surface area contributed by atoms with Crippen molar-refractivity contribution in [3.8, 4) is 0 Å². The van der Waals surface area contributed by atoms with Gasteiger partial charge in [-0.05, 0) is 68.1 Å². The number of benzene rings is 2. The number of nitrogens with one attached hydrogen (secondary N) is 1. The Labute approximate surface area is 174 Å². The molecule has 154 valence electrons. The molecule has 1 amide bonds. The topological polar surface area (TPSA) is 38.8 Å². The molecule has 0 spiro atoms. The summed E-state index contributed by atoms with van der Waals surface area (Å²) in [7, 11) is 0. The lowest BCUT2D eigenvalue weighted by molar-refractivity contribution is -0.117. The molecule has 0 bridgehead atoms. The number of carbonyl (C=O) groups excluding carboxylic acids is 1. The van der Waals surface area contributed by atoms with Gasteiger partial charge in [0.2, 0.25) is 5.91 Å². The third-order valence-electron chi connectivity index (χ3n) is 5.98. The van der Waals surface area contributed by atoms with Gasteiger partial charge in [-0.2, -0.15) is 0 Å². The number of hydrogen-bond donors (Lipinski definition) is 1. The Morgan fingerprint density at radius 3 is 2.21 bits per heavy atom. The number of aryl methyl sites for hydroxylation is 1. The van der Waals surface area contributed by atoms with Gasteiger partial charge < -0.3 is 15.1 Å². The van der Waals surface area contributed by atoms with Crippen LogP contribution < -0.4 is 15.1 Å². The predicted octanol–water partition coefficient (Wildman–Crippen LogP) is 3.75. The van der Waals surface area contributed by atoms with Crippen LogP contribution in [-0.4, -0.2) is 56.6 Å². The van der Waals surface area contributed by atoms with E-state index in [1.165, 1.54) is 36.2 Å². The van der Waals surface area contributed by atoms with Crippen molar-refractivity contribution in [1.29, 1.82) is 0 Å². The van der Waals surface area contributed by atoms with E-state index in [0.29, 0.717) is 6.54 Å². The van der Waals surface area contributed by atoms with E-state index in [2.05, 4.69) is 63.3 Å². The minimum Gasteiger partial charge on any atom is -0.372 e. The molecule has 0 unspecified atom stereocenters. The fraction of sp³-hybridized carbons (Fsp3) is 0.458. The summed E-state index contributed by atoms with van der Waals surface area (Å²) < 4.78 is 0. The Morgan fingerprint density at radius 1 is 0.828 bits per heavy atom. The first-order chi connectivity index (χ1) is 14.2. The number of piperidine rings is 1. The van der Waals surface area contributed by atoms with E-state index in [0.717, 1.165) is 45.0 Å². The normalized spacial score (nSPS) is 18.0. The van der Waals surface area contributed by atoms with Crippen molar-refractivity contribution in [2.75, 3.05) is 60.9 Å². The molecular weight excluding hydrogens is 360 g/mol. The summed E-state index contributed by atoms with van der Waals surface area (Å²) in [6, 6.07) is 16.9. The first-order valence-electron chi connectivity index (χ1n) is 10.9. The largest absolute Gasteiger partial charge is 0.372 e. The van der Waals surface area contributed by atoms with Gasteiger partial charge in [0.1, 0.15) is 0 Å². The van der Waals surface area contributed by atoms with Crippen molar-refractivity contribution >= 4 is 23.0 Å².